The summed E-state index contributed by atoms with van der Waals surface area (Å²) in [6, 6.07) is 6.27. The summed E-state index contributed by atoms with van der Waals surface area (Å²) in [5.74, 6) is -0.506. The highest BCUT2D eigenvalue weighted by Gasteiger charge is 2.38. The van der Waals surface area contributed by atoms with Crippen molar-refractivity contribution in [3.05, 3.63) is 29.8 Å². The molecule has 2 rings (SSSR count). The number of rotatable bonds is 3. The Morgan fingerprint density at radius 2 is 2.05 bits per heavy atom. The summed E-state index contributed by atoms with van der Waals surface area (Å²) in [5, 5.41) is 3.00. The van der Waals surface area contributed by atoms with E-state index in [-0.39, 0.29) is 0 Å². The van der Waals surface area contributed by atoms with E-state index in [2.05, 4.69) is 5.32 Å². The monoisotopic (exact) mass is 286 g/mol. The number of carbonyl (C=O) groups is 1. The van der Waals surface area contributed by atoms with Crippen LogP contribution in [0.4, 0.5) is 18.9 Å². The minimum atomic E-state index is -4.38. The summed E-state index contributed by atoms with van der Waals surface area (Å²) in [6.45, 7) is 1.97. The molecule has 3 nitrogen and oxygen atoms in total. The average Bonchev–Trinajstić information content (AvgIpc) is 2.77. The van der Waals surface area contributed by atoms with Gasteiger partial charge >= 0.3 is 6.18 Å². The third-order valence-electron chi connectivity index (χ3n) is 3.33. The van der Waals surface area contributed by atoms with Gasteiger partial charge in [0.1, 0.15) is 12.6 Å². The van der Waals surface area contributed by atoms with E-state index in [1.807, 2.05) is 24.3 Å². The molecular weight excluding hydrogens is 269 g/mol. The Balaban J connectivity index is 2.11. The third-order valence-corrected chi connectivity index (χ3v) is 3.33. The standard InChI is InChI=1S/C14H17F3N2O/c1-9(2)19(8-14(15,16)17)13(20)12-7-10-5-3-4-6-11(10)18-12/h3-6,9,12,18H,7-8H2,1-2H3. The summed E-state index contributed by atoms with van der Waals surface area (Å²) in [5.41, 5.74) is 1.78. The average molecular weight is 286 g/mol. The van der Waals surface area contributed by atoms with Gasteiger partial charge in [-0.15, -0.1) is 0 Å². The zero-order valence-corrected chi connectivity index (χ0v) is 11.4. The number of nitrogens with zero attached hydrogens (tertiary/aromatic N) is 1. The molecule has 0 saturated carbocycles. The first-order valence-electron chi connectivity index (χ1n) is 6.49. The van der Waals surface area contributed by atoms with Crippen molar-refractivity contribution in [2.24, 2.45) is 0 Å². The molecule has 20 heavy (non-hydrogen) atoms. The van der Waals surface area contributed by atoms with Gasteiger partial charge in [-0.2, -0.15) is 13.2 Å². The smallest absolute Gasteiger partial charge is 0.373 e. The largest absolute Gasteiger partial charge is 0.406 e. The third kappa shape index (κ3) is 3.23. The molecule has 1 aromatic carbocycles. The topological polar surface area (TPSA) is 32.3 Å². The molecule has 0 spiro atoms. The van der Waals surface area contributed by atoms with E-state index in [4.69, 9.17) is 0 Å². The maximum absolute atomic E-state index is 12.6. The molecular formula is C14H17F3N2O. The number of hydrogen-bond donors (Lipinski definition) is 1. The van der Waals surface area contributed by atoms with Crippen molar-refractivity contribution >= 4 is 11.6 Å². The lowest BCUT2D eigenvalue weighted by molar-refractivity contribution is -0.165. The molecule has 0 saturated heterocycles. The molecule has 110 valence electrons. The van der Waals surface area contributed by atoms with Crippen LogP contribution in [0.3, 0.4) is 0 Å². The van der Waals surface area contributed by atoms with Gasteiger partial charge in [0.25, 0.3) is 0 Å². The van der Waals surface area contributed by atoms with Crippen LogP contribution in [0.5, 0.6) is 0 Å². The van der Waals surface area contributed by atoms with Crippen LogP contribution in [-0.2, 0) is 11.2 Å². The molecule has 6 heteroatoms. The number of alkyl halides is 3. The van der Waals surface area contributed by atoms with E-state index in [1.165, 1.54) is 0 Å². The second kappa shape index (κ2) is 5.34. The molecule has 1 heterocycles. The lowest BCUT2D eigenvalue weighted by Gasteiger charge is -2.30. The van der Waals surface area contributed by atoms with Gasteiger partial charge in [0.05, 0.1) is 0 Å². The molecule has 1 amide bonds. The minimum absolute atomic E-state index is 0.427. The van der Waals surface area contributed by atoms with Gasteiger partial charge in [-0.1, -0.05) is 18.2 Å². The fraction of sp³-hybridized carbons (Fsp3) is 0.500. The summed E-state index contributed by atoms with van der Waals surface area (Å²) < 4.78 is 37.7. The lowest BCUT2D eigenvalue weighted by atomic mass is 10.1. The molecule has 1 aliphatic heterocycles. The number of para-hydroxylation sites is 1. The van der Waals surface area contributed by atoms with Gasteiger partial charge in [0.15, 0.2) is 0 Å². The number of nitrogens with one attached hydrogen (secondary N) is 1. The van der Waals surface area contributed by atoms with Crippen molar-refractivity contribution in [3.63, 3.8) is 0 Å². The van der Waals surface area contributed by atoms with Gasteiger partial charge in [-0.25, -0.2) is 0 Å². The zero-order chi connectivity index (χ0) is 14.9. The van der Waals surface area contributed by atoms with Crippen LogP contribution >= 0.6 is 0 Å². The molecule has 0 fully saturated rings. The van der Waals surface area contributed by atoms with Crippen molar-refractivity contribution in [1.82, 2.24) is 4.90 Å². The van der Waals surface area contributed by atoms with Crippen LogP contribution in [0.1, 0.15) is 19.4 Å². The molecule has 0 aliphatic carbocycles. The van der Waals surface area contributed by atoms with Crippen LogP contribution in [0, 0.1) is 0 Å². The van der Waals surface area contributed by atoms with Crippen molar-refractivity contribution in [2.45, 2.75) is 38.5 Å². The predicted octanol–water partition coefficient (Wildman–Crippen LogP) is 2.82. The maximum Gasteiger partial charge on any atom is 0.406 e. The number of carbonyl (C=O) groups excluding carboxylic acids is 1. The Morgan fingerprint density at radius 1 is 1.40 bits per heavy atom. The summed E-state index contributed by atoms with van der Waals surface area (Å²) in [7, 11) is 0. The Labute approximate surface area is 115 Å². The van der Waals surface area contributed by atoms with Crippen LogP contribution in [0.25, 0.3) is 0 Å². The van der Waals surface area contributed by atoms with Crippen LogP contribution < -0.4 is 5.32 Å². The van der Waals surface area contributed by atoms with Crippen molar-refractivity contribution in [3.8, 4) is 0 Å². The van der Waals surface area contributed by atoms with Gasteiger partial charge in [0, 0.05) is 18.2 Å². The van der Waals surface area contributed by atoms with Crippen LogP contribution in [0.2, 0.25) is 0 Å². The van der Waals surface area contributed by atoms with Crippen LogP contribution in [0.15, 0.2) is 24.3 Å². The number of halogens is 3. The summed E-state index contributed by atoms with van der Waals surface area (Å²) >= 11 is 0. The van der Waals surface area contributed by atoms with Gasteiger partial charge in [-0.3, -0.25) is 4.79 Å². The molecule has 1 N–H and O–H groups in total. The van der Waals surface area contributed by atoms with E-state index in [9.17, 15) is 18.0 Å². The first-order chi connectivity index (χ1) is 9.28. The molecule has 1 atom stereocenters. The Hall–Kier alpha value is -1.72. The Kier molecular flexibility index (Phi) is 3.92. The van der Waals surface area contributed by atoms with Crippen molar-refractivity contribution in [1.29, 1.82) is 0 Å². The highest BCUT2D eigenvalue weighted by molar-refractivity contribution is 5.87. The molecule has 1 unspecified atom stereocenters. The number of hydrogen-bond acceptors (Lipinski definition) is 2. The fourth-order valence-corrected chi connectivity index (χ4v) is 2.36. The first kappa shape index (κ1) is 14.7. The highest BCUT2D eigenvalue weighted by Crippen LogP contribution is 2.27. The summed E-state index contributed by atoms with van der Waals surface area (Å²) in [6.07, 6.45) is -3.96. The van der Waals surface area contributed by atoms with Gasteiger partial charge in [0.2, 0.25) is 5.91 Å². The Bertz CT molecular complexity index is 474. The number of anilines is 1. The number of fused-ring (bicyclic) bond motifs is 1. The highest BCUT2D eigenvalue weighted by atomic mass is 19.4. The second-order valence-corrected chi connectivity index (χ2v) is 5.23. The molecule has 1 aromatic rings. The maximum atomic E-state index is 12.6. The van der Waals surface area contributed by atoms with E-state index >= 15 is 0 Å². The SMILES string of the molecule is CC(C)N(CC(F)(F)F)C(=O)C1Cc2ccccc2N1. The molecule has 0 aromatic heterocycles. The van der Waals surface area contributed by atoms with Crippen molar-refractivity contribution in [2.75, 3.05) is 11.9 Å². The van der Waals surface area contributed by atoms with Gasteiger partial charge < -0.3 is 10.2 Å². The first-order valence-corrected chi connectivity index (χ1v) is 6.49. The van der Waals surface area contributed by atoms with E-state index in [0.717, 1.165) is 16.2 Å². The zero-order valence-electron chi connectivity index (χ0n) is 11.4. The van der Waals surface area contributed by atoms with E-state index < -0.39 is 30.7 Å². The van der Waals surface area contributed by atoms with Crippen molar-refractivity contribution < 1.29 is 18.0 Å². The lowest BCUT2D eigenvalue weighted by Crippen LogP contribution is -2.49. The molecule has 0 radical (unpaired) electrons. The second-order valence-electron chi connectivity index (χ2n) is 5.23. The van der Waals surface area contributed by atoms with E-state index in [0.29, 0.717) is 6.42 Å². The number of benzene rings is 1. The van der Waals surface area contributed by atoms with Crippen LogP contribution in [-0.4, -0.2) is 35.6 Å². The minimum Gasteiger partial charge on any atom is -0.373 e. The molecule has 0 bridgehead atoms. The van der Waals surface area contributed by atoms with E-state index in [1.54, 1.807) is 13.8 Å². The quantitative estimate of drug-likeness (QED) is 0.926. The predicted molar refractivity (Wildman–Crippen MR) is 70.5 cm³/mol. The Morgan fingerprint density at radius 3 is 2.60 bits per heavy atom. The fourth-order valence-electron chi connectivity index (χ4n) is 2.36. The number of amides is 1. The molecule has 1 aliphatic rings. The summed E-state index contributed by atoms with van der Waals surface area (Å²) in [4.78, 5) is 13.2. The van der Waals surface area contributed by atoms with Gasteiger partial charge in [-0.05, 0) is 25.5 Å². The normalized spacial score (nSPS) is 17.8.